The van der Waals surface area contributed by atoms with E-state index in [2.05, 4.69) is 24.3 Å². The number of hydrogen-bond acceptors (Lipinski definition) is 1. The molecule has 0 spiro atoms. The van der Waals surface area contributed by atoms with Crippen LogP contribution in [-0.4, -0.2) is 13.2 Å². The average molecular weight is 124 g/mol. The molecule has 0 fully saturated rings. The first kappa shape index (κ1) is 6.56. The van der Waals surface area contributed by atoms with Crippen LogP contribution in [0.1, 0.15) is 12.8 Å². The molecule has 0 unspecified atom stereocenters. The first-order chi connectivity index (χ1) is 4.50. The van der Waals surface area contributed by atoms with E-state index in [9.17, 15) is 0 Å². The molecule has 1 heteroatoms. The van der Waals surface area contributed by atoms with Gasteiger partial charge in [-0.25, -0.2) is 0 Å². The van der Waals surface area contributed by atoms with Gasteiger partial charge in [0.2, 0.25) is 0 Å². The maximum absolute atomic E-state index is 5.18. The van der Waals surface area contributed by atoms with Crippen molar-refractivity contribution in [2.45, 2.75) is 12.8 Å². The van der Waals surface area contributed by atoms with E-state index >= 15 is 0 Å². The fourth-order valence-electron chi connectivity index (χ4n) is 0.768. The summed E-state index contributed by atoms with van der Waals surface area (Å²) in [7, 11) is 0. The molecule has 50 valence electrons. The second kappa shape index (κ2) is 4.33. The Morgan fingerprint density at radius 2 is 1.33 bits per heavy atom. The number of ether oxygens (including phenoxy) is 1. The summed E-state index contributed by atoms with van der Waals surface area (Å²) in [6.07, 6.45) is 10.8. The maximum Gasteiger partial charge on any atom is 0.0651 e. The molecule has 1 nitrogen and oxygen atoms in total. The summed E-state index contributed by atoms with van der Waals surface area (Å²) in [6, 6.07) is 0. The fourth-order valence-corrected chi connectivity index (χ4v) is 0.768. The molecule has 0 aromatic rings. The first-order valence-corrected chi connectivity index (χ1v) is 3.38. The van der Waals surface area contributed by atoms with Gasteiger partial charge in [0, 0.05) is 0 Å². The molecule has 0 aromatic heterocycles. The Kier molecular flexibility index (Phi) is 3.16. The van der Waals surface area contributed by atoms with E-state index in [0.29, 0.717) is 0 Å². The number of hydrogen-bond donors (Lipinski definition) is 0. The highest BCUT2D eigenvalue weighted by Crippen LogP contribution is 1.95. The van der Waals surface area contributed by atoms with Gasteiger partial charge >= 0.3 is 0 Å². The van der Waals surface area contributed by atoms with Crippen molar-refractivity contribution in [2.75, 3.05) is 13.2 Å². The van der Waals surface area contributed by atoms with Gasteiger partial charge in [0.05, 0.1) is 13.2 Å². The van der Waals surface area contributed by atoms with Gasteiger partial charge < -0.3 is 4.74 Å². The highest BCUT2D eigenvalue weighted by atomic mass is 16.5. The minimum absolute atomic E-state index is 0.768. The molecule has 0 saturated carbocycles. The lowest BCUT2D eigenvalue weighted by molar-refractivity contribution is 0.194. The lowest BCUT2D eigenvalue weighted by Gasteiger charge is -1.90. The van der Waals surface area contributed by atoms with Crippen LogP contribution in [0, 0.1) is 0 Å². The van der Waals surface area contributed by atoms with E-state index in [-0.39, 0.29) is 0 Å². The average Bonchev–Trinajstić information content (AvgIpc) is 2.00. The van der Waals surface area contributed by atoms with Crippen LogP contribution >= 0.6 is 0 Å². The van der Waals surface area contributed by atoms with E-state index < -0.39 is 0 Å². The van der Waals surface area contributed by atoms with Crippen molar-refractivity contribution in [1.82, 2.24) is 0 Å². The Morgan fingerprint density at radius 1 is 0.778 bits per heavy atom. The smallest absolute Gasteiger partial charge is 0.0651 e. The highest BCUT2D eigenvalue weighted by Gasteiger charge is 1.82. The largest absolute Gasteiger partial charge is 0.373 e. The molecule has 0 aromatic carbocycles. The summed E-state index contributed by atoms with van der Waals surface area (Å²) >= 11 is 0. The second-order valence-corrected chi connectivity index (χ2v) is 2.06. The van der Waals surface area contributed by atoms with Crippen molar-refractivity contribution in [1.29, 1.82) is 0 Å². The summed E-state index contributed by atoms with van der Waals surface area (Å²) in [5.41, 5.74) is 0. The molecule has 0 aliphatic carbocycles. The molecule has 0 saturated heterocycles. The highest BCUT2D eigenvalue weighted by molar-refractivity contribution is 4.90. The van der Waals surface area contributed by atoms with Gasteiger partial charge in [-0.3, -0.25) is 0 Å². The predicted octanol–water partition coefficient (Wildman–Crippen LogP) is 1.91. The van der Waals surface area contributed by atoms with Crippen molar-refractivity contribution in [2.24, 2.45) is 0 Å². The van der Waals surface area contributed by atoms with Crippen LogP contribution in [0.3, 0.4) is 0 Å². The van der Waals surface area contributed by atoms with Gasteiger partial charge in [-0.05, 0) is 12.8 Å². The standard InChI is InChI=1S/C8H12O/c1-2-4-6-8-9-7-5-3-1/h3-6H,1-2,7-8H2/b5-3-,6-4+. The minimum Gasteiger partial charge on any atom is -0.373 e. The topological polar surface area (TPSA) is 9.23 Å². The molecule has 1 heterocycles. The second-order valence-electron chi connectivity index (χ2n) is 2.06. The van der Waals surface area contributed by atoms with E-state index in [0.717, 1.165) is 26.1 Å². The third-order valence-electron chi connectivity index (χ3n) is 1.26. The van der Waals surface area contributed by atoms with Gasteiger partial charge in [0.1, 0.15) is 0 Å². The molecule has 0 bridgehead atoms. The Bertz CT molecular complexity index is 99.7. The van der Waals surface area contributed by atoms with Crippen LogP contribution in [0.15, 0.2) is 24.3 Å². The quantitative estimate of drug-likeness (QED) is 0.448. The Labute approximate surface area is 56.0 Å². The van der Waals surface area contributed by atoms with Crippen molar-refractivity contribution < 1.29 is 4.74 Å². The lowest BCUT2D eigenvalue weighted by Crippen LogP contribution is -1.88. The summed E-state index contributed by atoms with van der Waals surface area (Å²) in [4.78, 5) is 0. The van der Waals surface area contributed by atoms with Gasteiger partial charge in [0.15, 0.2) is 0 Å². The number of allylic oxidation sites excluding steroid dienone is 2. The van der Waals surface area contributed by atoms with Gasteiger partial charge in [-0.15, -0.1) is 0 Å². The summed E-state index contributed by atoms with van der Waals surface area (Å²) in [5, 5.41) is 0. The fraction of sp³-hybridized carbons (Fsp3) is 0.500. The summed E-state index contributed by atoms with van der Waals surface area (Å²) < 4.78 is 5.18. The Balaban J connectivity index is 2.28. The van der Waals surface area contributed by atoms with E-state index in [1.54, 1.807) is 0 Å². The van der Waals surface area contributed by atoms with E-state index in [4.69, 9.17) is 4.74 Å². The molecule has 0 N–H and O–H groups in total. The predicted molar refractivity (Wildman–Crippen MR) is 38.3 cm³/mol. The molecule has 0 radical (unpaired) electrons. The minimum atomic E-state index is 0.768. The van der Waals surface area contributed by atoms with Crippen LogP contribution in [0.4, 0.5) is 0 Å². The Hall–Kier alpha value is -0.560. The molecule has 1 aliphatic heterocycles. The Morgan fingerprint density at radius 3 is 1.89 bits per heavy atom. The molecule has 9 heavy (non-hydrogen) atoms. The molecular weight excluding hydrogens is 112 g/mol. The van der Waals surface area contributed by atoms with Crippen LogP contribution in [0.2, 0.25) is 0 Å². The van der Waals surface area contributed by atoms with E-state index in [1.165, 1.54) is 0 Å². The molecule has 0 atom stereocenters. The first-order valence-electron chi connectivity index (χ1n) is 3.38. The summed E-state index contributed by atoms with van der Waals surface area (Å²) in [5.74, 6) is 0. The monoisotopic (exact) mass is 124 g/mol. The molecule has 1 rings (SSSR count). The maximum atomic E-state index is 5.18. The molecule has 1 aliphatic rings. The van der Waals surface area contributed by atoms with Crippen LogP contribution < -0.4 is 0 Å². The molecular formula is C8H12O. The zero-order chi connectivity index (χ0) is 6.36. The van der Waals surface area contributed by atoms with Gasteiger partial charge in [-0.1, -0.05) is 24.3 Å². The third kappa shape index (κ3) is 3.09. The van der Waals surface area contributed by atoms with E-state index in [1.807, 2.05) is 0 Å². The lowest BCUT2D eigenvalue weighted by atomic mass is 10.3. The number of rotatable bonds is 0. The van der Waals surface area contributed by atoms with Crippen LogP contribution in [0.25, 0.3) is 0 Å². The van der Waals surface area contributed by atoms with Crippen LogP contribution in [0.5, 0.6) is 0 Å². The van der Waals surface area contributed by atoms with Crippen molar-refractivity contribution in [3.05, 3.63) is 24.3 Å². The molecule has 0 amide bonds. The van der Waals surface area contributed by atoms with Gasteiger partial charge in [-0.2, -0.15) is 0 Å². The van der Waals surface area contributed by atoms with Crippen molar-refractivity contribution in [3.8, 4) is 0 Å². The van der Waals surface area contributed by atoms with Crippen LogP contribution in [-0.2, 0) is 4.74 Å². The zero-order valence-electron chi connectivity index (χ0n) is 5.55. The normalized spacial score (nSPS) is 27.6. The summed E-state index contributed by atoms with van der Waals surface area (Å²) in [6.45, 7) is 1.54. The van der Waals surface area contributed by atoms with Gasteiger partial charge in [0.25, 0.3) is 0 Å². The van der Waals surface area contributed by atoms with Crippen molar-refractivity contribution >= 4 is 0 Å². The third-order valence-corrected chi connectivity index (χ3v) is 1.26. The SMILES string of the molecule is C1=C\COC/C=C/CC/1. The zero-order valence-corrected chi connectivity index (χ0v) is 5.55. The van der Waals surface area contributed by atoms with Crippen molar-refractivity contribution in [3.63, 3.8) is 0 Å².